The quantitative estimate of drug-likeness (QED) is 0.133. The van der Waals surface area contributed by atoms with E-state index in [9.17, 15) is 18.0 Å². The molecule has 0 heterocycles. The zero-order valence-electron chi connectivity index (χ0n) is 20.0. The molecule has 188 valence electrons. The zero-order valence-corrected chi connectivity index (χ0v) is 20.8. The molecular weight excluding hydrogens is 497 g/mol. The summed E-state index contributed by atoms with van der Waals surface area (Å²) in [5, 5.41) is 0. The van der Waals surface area contributed by atoms with E-state index in [0.717, 1.165) is 26.8 Å². The van der Waals surface area contributed by atoms with Gasteiger partial charge in [0.25, 0.3) is 0 Å². The number of rotatable bonds is 9. The normalized spacial score (nSPS) is 12.6. The first kappa shape index (κ1) is 26.1. The van der Waals surface area contributed by atoms with Gasteiger partial charge >= 0.3 is 5.97 Å². The average Bonchev–Trinajstić information content (AvgIpc) is 2.89. The minimum Gasteiger partial charge on any atom is -0.479 e. The highest BCUT2D eigenvalue weighted by Gasteiger charge is 2.31. The SMILES string of the molecule is C=CC(C)(OC(=O)COc1cc([S+](c2ccccc2)c2ccccc2)ccc1F)c1cc(F)cc(F)c1. The lowest BCUT2D eigenvalue weighted by molar-refractivity contribution is -0.157. The van der Waals surface area contributed by atoms with Crippen LogP contribution >= 0.6 is 0 Å². The summed E-state index contributed by atoms with van der Waals surface area (Å²) in [7, 11) is -0.541. The second-order valence-electron chi connectivity index (χ2n) is 8.26. The van der Waals surface area contributed by atoms with Crippen molar-refractivity contribution in [2.75, 3.05) is 6.61 Å². The van der Waals surface area contributed by atoms with Crippen LogP contribution in [0.3, 0.4) is 0 Å². The van der Waals surface area contributed by atoms with Crippen molar-refractivity contribution in [3.8, 4) is 5.75 Å². The molecule has 0 bridgehead atoms. The van der Waals surface area contributed by atoms with Crippen LogP contribution in [-0.4, -0.2) is 12.6 Å². The number of carbonyl (C=O) groups excluding carboxylic acids is 1. The fourth-order valence-electron chi connectivity index (χ4n) is 3.70. The Morgan fingerprint density at radius 3 is 1.95 bits per heavy atom. The standard InChI is InChI=1S/C30H24F3O3S/c1-3-30(2,21-16-22(31)18-23(32)17-21)36-29(34)20-35-28-19-26(14-15-27(28)33)37(24-10-6-4-7-11-24)25-12-8-5-9-13-25/h3-19H,1,20H2,2H3/q+1. The molecule has 0 aliphatic carbocycles. The molecule has 4 rings (SSSR count). The summed E-state index contributed by atoms with van der Waals surface area (Å²) in [6.45, 7) is 4.44. The van der Waals surface area contributed by atoms with Gasteiger partial charge in [0.15, 0.2) is 38.5 Å². The predicted molar refractivity (Wildman–Crippen MR) is 137 cm³/mol. The van der Waals surface area contributed by atoms with Crippen LogP contribution in [0, 0.1) is 17.5 Å². The van der Waals surface area contributed by atoms with Gasteiger partial charge in [-0.25, -0.2) is 18.0 Å². The number of halogens is 3. The average molecular weight is 522 g/mol. The van der Waals surface area contributed by atoms with E-state index in [2.05, 4.69) is 6.58 Å². The molecule has 0 aliphatic heterocycles. The summed E-state index contributed by atoms with van der Waals surface area (Å²) in [6.07, 6.45) is 1.26. The molecule has 4 aromatic rings. The van der Waals surface area contributed by atoms with E-state index in [0.29, 0.717) is 6.07 Å². The van der Waals surface area contributed by atoms with E-state index in [4.69, 9.17) is 9.47 Å². The summed E-state index contributed by atoms with van der Waals surface area (Å²) in [5.41, 5.74) is -1.45. The molecule has 0 aliphatic rings. The molecule has 7 heteroatoms. The molecule has 1 unspecified atom stereocenters. The van der Waals surface area contributed by atoms with Crippen molar-refractivity contribution in [2.45, 2.75) is 27.2 Å². The fraction of sp³-hybridized carbons (Fsp3) is 0.100. The van der Waals surface area contributed by atoms with Crippen LogP contribution in [0.4, 0.5) is 13.2 Å². The molecule has 0 saturated carbocycles. The van der Waals surface area contributed by atoms with Gasteiger partial charge in [-0.15, -0.1) is 0 Å². The van der Waals surface area contributed by atoms with Gasteiger partial charge < -0.3 is 9.47 Å². The van der Waals surface area contributed by atoms with Gasteiger partial charge in [-0.1, -0.05) is 43.0 Å². The first-order chi connectivity index (χ1) is 17.8. The van der Waals surface area contributed by atoms with E-state index < -0.39 is 46.5 Å². The maximum atomic E-state index is 14.7. The summed E-state index contributed by atoms with van der Waals surface area (Å²) >= 11 is 0. The Bertz CT molecular complexity index is 1340. The number of carbonyl (C=O) groups is 1. The van der Waals surface area contributed by atoms with Crippen LogP contribution < -0.4 is 4.74 Å². The molecule has 0 fully saturated rings. The molecule has 1 atom stereocenters. The first-order valence-electron chi connectivity index (χ1n) is 11.4. The summed E-state index contributed by atoms with van der Waals surface area (Å²) < 4.78 is 53.0. The number of ether oxygens (including phenoxy) is 2. The van der Waals surface area contributed by atoms with Crippen LogP contribution in [-0.2, 0) is 26.0 Å². The van der Waals surface area contributed by atoms with Crippen LogP contribution in [0.5, 0.6) is 5.75 Å². The Morgan fingerprint density at radius 2 is 1.41 bits per heavy atom. The van der Waals surface area contributed by atoms with E-state index in [-0.39, 0.29) is 11.3 Å². The van der Waals surface area contributed by atoms with Gasteiger partial charge in [0, 0.05) is 17.7 Å². The molecule has 0 saturated heterocycles. The number of benzene rings is 4. The van der Waals surface area contributed by atoms with Gasteiger partial charge in [-0.3, -0.25) is 0 Å². The van der Waals surface area contributed by atoms with Gasteiger partial charge in [0.05, 0.1) is 10.9 Å². The van der Waals surface area contributed by atoms with E-state index in [1.165, 1.54) is 19.1 Å². The number of hydrogen-bond acceptors (Lipinski definition) is 3. The van der Waals surface area contributed by atoms with E-state index >= 15 is 0 Å². The first-order valence-corrected chi connectivity index (χ1v) is 12.6. The Balaban J connectivity index is 1.55. The third-order valence-electron chi connectivity index (χ3n) is 5.59. The van der Waals surface area contributed by atoms with Crippen molar-refractivity contribution < 1.29 is 27.4 Å². The highest BCUT2D eigenvalue weighted by atomic mass is 32.2. The molecule has 0 N–H and O–H groups in total. The maximum absolute atomic E-state index is 14.7. The fourth-order valence-corrected chi connectivity index (χ4v) is 5.81. The van der Waals surface area contributed by atoms with Crippen molar-refractivity contribution >= 4 is 16.9 Å². The van der Waals surface area contributed by atoms with E-state index in [1.807, 2.05) is 60.7 Å². The zero-order chi connectivity index (χ0) is 26.4. The van der Waals surface area contributed by atoms with E-state index in [1.54, 1.807) is 12.1 Å². The lowest BCUT2D eigenvalue weighted by atomic mass is 9.95. The topological polar surface area (TPSA) is 35.5 Å². The van der Waals surface area contributed by atoms with Crippen molar-refractivity contribution in [2.24, 2.45) is 0 Å². The second-order valence-corrected chi connectivity index (χ2v) is 10.3. The smallest absolute Gasteiger partial charge is 0.345 e. The molecule has 4 aromatic carbocycles. The maximum Gasteiger partial charge on any atom is 0.345 e. The molecule has 37 heavy (non-hydrogen) atoms. The van der Waals surface area contributed by atoms with Gasteiger partial charge in [-0.2, -0.15) is 0 Å². The third kappa shape index (κ3) is 6.24. The Kier molecular flexibility index (Phi) is 8.04. The number of hydrogen-bond donors (Lipinski definition) is 0. The highest BCUT2D eigenvalue weighted by molar-refractivity contribution is 7.97. The summed E-state index contributed by atoms with van der Waals surface area (Å²) in [6, 6.07) is 27.0. The monoisotopic (exact) mass is 521 g/mol. The molecule has 0 amide bonds. The van der Waals surface area contributed by atoms with Crippen LogP contribution in [0.1, 0.15) is 12.5 Å². The minimum atomic E-state index is -1.52. The minimum absolute atomic E-state index is 0.0660. The molecule has 0 aromatic heterocycles. The van der Waals surface area contributed by atoms with Gasteiger partial charge in [-0.05, 0) is 61.5 Å². The largest absolute Gasteiger partial charge is 0.479 e. The lowest BCUT2D eigenvalue weighted by Gasteiger charge is -2.26. The van der Waals surface area contributed by atoms with Crippen molar-refractivity contribution in [1.29, 1.82) is 0 Å². The molecular formula is C30H24F3O3S+. The van der Waals surface area contributed by atoms with Crippen molar-refractivity contribution in [3.63, 3.8) is 0 Å². The van der Waals surface area contributed by atoms with Crippen molar-refractivity contribution in [1.82, 2.24) is 0 Å². The Hall–Kier alpha value is -3.97. The third-order valence-corrected chi connectivity index (χ3v) is 7.81. The second kappa shape index (κ2) is 11.4. The summed E-state index contributed by atoms with van der Waals surface area (Å²) in [4.78, 5) is 15.5. The summed E-state index contributed by atoms with van der Waals surface area (Å²) in [5.74, 6) is -3.25. The van der Waals surface area contributed by atoms with Crippen LogP contribution in [0.25, 0.3) is 0 Å². The lowest BCUT2D eigenvalue weighted by Crippen LogP contribution is -2.30. The molecule has 0 radical (unpaired) electrons. The molecule has 3 nitrogen and oxygen atoms in total. The Labute approximate surface area is 216 Å². The predicted octanol–water partition coefficient (Wildman–Crippen LogP) is 7.22. The van der Waals surface area contributed by atoms with Crippen LogP contribution in [0.15, 0.2) is 124 Å². The molecule has 0 spiro atoms. The number of esters is 1. The van der Waals surface area contributed by atoms with Crippen molar-refractivity contribution in [3.05, 3.63) is 133 Å². The van der Waals surface area contributed by atoms with Gasteiger partial charge in [0.1, 0.15) is 11.6 Å². The van der Waals surface area contributed by atoms with Gasteiger partial charge in [0.2, 0.25) is 0 Å². The van der Waals surface area contributed by atoms with Crippen LogP contribution in [0.2, 0.25) is 0 Å². The Morgan fingerprint density at radius 1 is 0.838 bits per heavy atom. The highest BCUT2D eigenvalue weighted by Crippen LogP contribution is 2.34.